The summed E-state index contributed by atoms with van der Waals surface area (Å²) < 4.78 is 30.3. The van der Waals surface area contributed by atoms with Gasteiger partial charge in [0.1, 0.15) is 11.5 Å². The molecule has 2 heterocycles. The number of benzene rings is 1. The number of sulfone groups is 1. The fourth-order valence-corrected chi connectivity index (χ4v) is 4.12. The van der Waals surface area contributed by atoms with Gasteiger partial charge in [0, 0.05) is 18.7 Å². The topological polar surface area (TPSA) is 80.5 Å². The van der Waals surface area contributed by atoms with Crippen LogP contribution in [0.25, 0.3) is 11.5 Å². The molecule has 1 aliphatic heterocycles. The Morgan fingerprint density at radius 2 is 1.88 bits per heavy atom. The van der Waals surface area contributed by atoms with E-state index in [0.29, 0.717) is 30.4 Å². The van der Waals surface area contributed by atoms with Gasteiger partial charge in [0.05, 0.1) is 11.4 Å². The number of aromatic nitrogens is 1. The molecule has 0 atom stereocenters. The van der Waals surface area contributed by atoms with E-state index in [-0.39, 0.29) is 11.7 Å². The summed E-state index contributed by atoms with van der Waals surface area (Å²) in [6, 6.07) is 9.30. The summed E-state index contributed by atoms with van der Waals surface area (Å²) in [6.07, 6.45) is 1.88. The Kier molecular flexibility index (Phi) is 4.71. The molecule has 1 fully saturated rings. The number of rotatable bonds is 5. The summed E-state index contributed by atoms with van der Waals surface area (Å²) in [7, 11) is -3.58. The van der Waals surface area contributed by atoms with Crippen LogP contribution in [0, 0.1) is 6.92 Å². The molecule has 0 spiro atoms. The average molecular weight is 348 g/mol. The Morgan fingerprint density at radius 1 is 1.21 bits per heavy atom. The van der Waals surface area contributed by atoms with Gasteiger partial charge in [-0.05, 0) is 31.9 Å². The number of nitrogens with zero attached hydrogens (tertiary/aromatic N) is 2. The molecule has 24 heavy (non-hydrogen) atoms. The molecule has 0 bridgehead atoms. The smallest absolute Gasteiger partial charge is 0.237 e. The van der Waals surface area contributed by atoms with Gasteiger partial charge in [0.15, 0.2) is 9.84 Å². The van der Waals surface area contributed by atoms with Crippen molar-refractivity contribution in [2.75, 3.05) is 18.8 Å². The van der Waals surface area contributed by atoms with Crippen LogP contribution in [-0.4, -0.2) is 43.1 Å². The number of aryl methyl sites for hydroxylation is 1. The zero-order valence-electron chi connectivity index (χ0n) is 13.6. The van der Waals surface area contributed by atoms with Crippen LogP contribution in [0.4, 0.5) is 0 Å². The maximum absolute atomic E-state index is 12.3. The summed E-state index contributed by atoms with van der Waals surface area (Å²) in [6.45, 7) is 2.98. The molecule has 1 aromatic carbocycles. The Labute approximate surface area is 141 Å². The van der Waals surface area contributed by atoms with E-state index >= 15 is 0 Å². The molecule has 0 N–H and O–H groups in total. The Morgan fingerprint density at radius 3 is 2.54 bits per heavy atom. The SMILES string of the molecule is Cc1oc(-c2ccccc2)nc1CS(=O)(=O)CC(=O)N1CCCC1. The van der Waals surface area contributed by atoms with Crippen LogP contribution in [-0.2, 0) is 20.4 Å². The minimum absolute atomic E-state index is 0.283. The predicted molar refractivity (Wildman–Crippen MR) is 90.0 cm³/mol. The number of oxazole rings is 1. The fraction of sp³-hybridized carbons (Fsp3) is 0.412. The molecule has 128 valence electrons. The highest BCUT2D eigenvalue weighted by atomic mass is 32.2. The molecule has 0 unspecified atom stereocenters. The van der Waals surface area contributed by atoms with Crippen molar-refractivity contribution in [3.63, 3.8) is 0 Å². The summed E-state index contributed by atoms with van der Waals surface area (Å²) in [5.41, 5.74) is 1.15. The number of amides is 1. The van der Waals surface area contributed by atoms with Gasteiger partial charge in [0.2, 0.25) is 11.8 Å². The summed E-state index contributed by atoms with van der Waals surface area (Å²) >= 11 is 0. The second kappa shape index (κ2) is 6.76. The Balaban J connectivity index is 1.73. The quantitative estimate of drug-likeness (QED) is 0.827. The van der Waals surface area contributed by atoms with E-state index in [0.717, 1.165) is 18.4 Å². The highest BCUT2D eigenvalue weighted by Gasteiger charge is 2.26. The third-order valence-electron chi connectivity index (χ3n) is 4.07. The van der Waals surface area contributed by atoms with Crippen molar-refractivity contribution in [3.8, 4) is 11.5 Å². The van der Waals surface area contributed by atoms with Crippen molar-refractivity contribution in [1.82, 2.24) is 9.88 Å². The largest absolute Gasteiger partial charge is 0.441 e. The lowest BCUT2D eigenvalue weighted by atomic mass is 10.2. The van der Waals surface area contributed by atoms with Crippen LogP contribution in [0.3, 0.4) is 0 Å². The van der Waals surface area contributed by atoms with Crippen molar-refractivity contribution in [3.05, 3.63) is 41.8 Å². The van der Waals surface area contributed by atoms with Gasteiger partial charge in [-0.15, -0.1) is 0 Å². The molecule has 0 saturated carbocycles. The first-order chi connectivity index (χ1) is 11.4. The first-order valence-electron chi connectivity index (χ1n) is 7.94. The standard InChI is InChI=1S/C17H20N2O4S/c1-13-15(18-17(23-13)14-7-3-2-4-8-14)11-24(21,22)12-16(20)19-9-5-6-10-19/h2-4,7-8H,5-6,9-12H2,1H3. The van der Waals surface area contributed by atoms with Crippen molar-refractivity contribution < 1.29 is 17.6 Å². The van der Waals surface area contributed by atoms with E-state index in [2.05, 4.69) is 4.98 Å². The minimum atomic E-state index is -3.58. The van der Waals surface area contributed by atoms with Gasteiger partial charge < -0.3 is 9.32 Å². The first-order valence-corrected chi connectivity index (χ1v) is 9.77. The maximum atomic E-state index is 12.3. The van der Waals surface area contributed by atoms with E-state index < -0.39 is 15.6 Å². The van der Waals surface area contributed by atoms with Crippen LogP contribution in [0.5, 0.6) is 0 Å². The van der Waals surface area contributed by atoms with Gasteiger partial charge in [-0.25, -0.2) is 13.4 Å². The number of carbonyl (C=O) groups is 1. The molecule has 7 heteroatoms. The monoisotopic (exact) mass is 348 g/mol. The van der Waals surface area contributed by atoms with Crippen LogP contribution < -0.4 is 0 Å². The zero-order chi connectivity index (χ0) is 17.2. The van der Waals surface area contributed by atoms with Crippen molar-refractivity contribution in [2.24, 2.45) is 0 Å². The highest BCUT2D eigenvalue weighted by molar-refractivity contribution is 7.91. The van der Waals surface area contributed by atoms with Gasteiger partial charge in [0.25, 0.3) is 0 Å². The Bertz CT molecular complexity index is 822. The third-order valence-corrected chi connectivity index (χ3v) is 5.47. The van der Waals surface area contributed by atoms with Gasteiger partial charge >= 0.3 is 0 Å². The number of carbonyl (C=O) groups excluding carboxylic acids is 1. The molecule has 0 aliphatic carbocycles. The normalized spacial score (nSPS) is 15.0. The van der Waals surface area contributed by atoms with Crippen LogP contribution in [0.2, 0.25) is 0 Å². The zero-order valence-corrected chi connectivity index (χ0v) is 14.4. The van der Waals surface area contributed by atoms with Crippen molar-refractivity contribution in [1.29, 1.82) is 0 Å². The first kappa shape index (κ1) is 16.7. The maximum Gasteiger partial charge on any atom is 0.237 e. The van der Waals surface area contributed by atoms with E-state index in [1.807, 2.05) is 30.3 Å². The van der Waals surface area contributed by atoms with Gasteiger partial charge in [-0.3, -0.25) is 4.79 Å². The molecule has 2 aromatic rings. The fourth-order valence-electron chi connectivity index (χ4n) is 2.77. The second-order valence-corrected chi connectivity index (χ2v) is 8.07. The lowest BCUT2D eigenvalue weighted by Gasteiger charge is -2.14. The summed E-state index contributed by atoms with van der Waals surface area (Å²) in [4.78, 5) is 18.0. The molecular formula is C17H20N2O4S. The van der Waals surface area contributed by atoms with Crippen molar-refractivity contribution >= 4 is 15.7 Å². The molecule has 1 saturated heterocycles. The van der Waals surface area contributed by atoms with Crippen molar-refractivity contribution in [2.45, 2.75) is 25.5 Å². The number of likely N-dealkylation sites (tertiary alicyclic amines) is 1. The second-order valence-electron chi connectivity index (χ2n) is 6.01. The molecule has 0 radical (unpaired) electrons. The van der Waals surface area contributed by atoms with E-state index in [1.54, 1.807) is 11.8 Å². The summed E-state index contributed by atoms with van der Waals surface area (Å²) in [5, 5.41) is 0. The molecule has 1 aromatic heterocycles. The van der Waals surface area contributed by atoms with Crippen LogP contribution >= 0.6 is 0 Å². The van der Waals surface area contributed by atoms with Gasteiger partial charge in [-0.2, -0.15) is 0 Å². The lowest BCUT2D eigenvalue weighted by molar-refractivity contribution is -0.127. The third kappa shape index (κ3) is 3.84. The molecule has 6 nitrogen and oxygen atoms in total. The van der Waals surface area contributed by atoms with E-state index in [4.69, 9.17) is 4.42 Å². The molecular weight excluding hydrogens is 328 g/mol. The predicted octanol–water partition coefficient (Wildman–Crippen LogP) is 2.19. The summed E-state index contributed by atoms with van der Waals surface area (Å²) in [5.74, 6) is -0.221. The molecule has 3 rings (SSSR count). The Hall–Kier alpha value is -2.15. The number of hydrogen-bond acceptors (Lipinski definition) is 5. The van der Waals surface area contributed by atoms with Crippen LogP contribution in [0.15, 0.2) is 34.7 Å². The molecule has 1 amide bonds. The highest BCUT2D eigenvalue weighted by Crippen LogP contribution is 2.23. The average Bonchev–Trinajstić information content (AvgIpc) is 3.18. The van der Waals surface area contributed by atoms with Crippen LogP contribution in [0.1, 0.15) is 24.3 Å². The molecule has 1 aliphatic rings. The van der Waals surface area contributed by atoms with E-state index in [1.165, 1.54) is 0 Å². The number of hydrogen-bond donors (Lipinski definition) is 0. The lowest BCUT2D eigenvalue weighted by Crippen LogP contribution is -2.33. The van der Waals surface area contributed by atoms with Gasteiger partial charge in [-0.1, -0.05) is 18.2 Å². The van der Waals surface area contributed by atoms with E-state index in [9.17, 15) is 13.2 Å². The minimum Gasteiger partial charge on any atom is -0.441 e.